The number of carbonyl (C=O) groups is 3. The number of nitrogens with one attached hydrogen (secondary N) is 1. The van der Waals surface area contributed by atoms with Crippen molar-refractivity contribution in [1.82, 2.24) is 10.2 Å². The largest absolute Gasteiger partial charge is 0.330 e. The molecule has 0 aromatic heterocycles. The third kappa shape index (κ3) is 3.13. The highest BCUT2D eigenvalue weighted by atomic mass is 16.2. The molecule has 0 saturated carbocycles. The van der Waals surface area contributed by atoms with Gasteiger partial charge in [-0.3, -0.25) is 19.7 Å². The number of amides is 3. The zero-order valence-electron chi connectivity index (χ0n) is 14.9. The lowest BCUT2D eigenvalue weighted by atomic mass is 9.95. The second-order valence-electron chi connectivity index (χ2n) is 6.97. The minimum Gasteiger partial charge on any atom is -0.330 e. The summed E-state index contributed by atoms with van der Waals surface area (Å²) >= 11 is 0. The first-order chi connectivity index (χ1) is 13.1. The maximum absolute atomic E-state index is 12.9. The Morgan fingerprint density at radius 1 is 1.07 bits per heavy atom. The molecule has 2 aliphatic heterocycles. The van der Waals surface area contributed by atoms with E-state index in [0.717, 1.165) is 28.7 Å². The topological polar surface area (TPSA) is 92.5 Å². The molecule has 1 unspecified atom stereocenters. The molecule has 4 rings (SSSR count). The fraction of sp³-hybridized carbons (Fsp3) is 0.286. The summed E-state index contributed by atoms with van der Waals surface area (Å²) in [6.45, 7) is 0.954. The lowest BCUT2D eigenvalue weighted by Crippen LogP contribution is -2.52. The summed E-state index contributed by atoms with van der Waals surface area (Å²) in [6, 6.07) is 13.2. The number of piperidine rings is 1. The summed E-state index contributed by atoms with van der Waals surface area (Å²) in [5.74, 6) is -0.823. The minimum absolute atomic E-state index is 0.153. The summed E-state index contributed by atoms with van der Waals surface area (Å²) in [5.41, 5.74) is 10.4. The van der Waals surface area contributed by atoms with Gasteiger partial charge in [-0.2, -0.15) is 0 Å². The molecule has 138 valence electrons. The molecule has 2 aromatic carbocycles. The number of hydrogen-bond donors (Lipinski definition) is 2. The molecule has 2 heterocycles. The highest BCUT2D eigenvalue weighted by Crippen LogP contribution is 2.35. The van der Waals surface area contributed by atoms with E-state index in [1.165, 1.54) is 0 Å². The van der Waals surface area contributed by atoms with Gasteiger partial charge in [0.05, 0.1) is 0 Å². The van der Waals surface area contributed by atoms with Gasteiger partial charge in [0, 0.05) is 18.5 Å². The molecule has 0 spiro atoms. The lowest BCUT2D eigenvalue weighted by molar-refractivity contribution is -0.136. The van der Waals surface area contributed by atoms with Crippen LogP contribution in [-0.4, -0.2) is 35.2 Å². The van der Waals surface area contributed by atoms with Crippen molar-refractivity contribution in [3.8, 4) is 11.1 Å². The van der Waals surface area contributed by atoms with E-state index in [0.29, 0.717) is 25.1 Å². The van der Waals surface area contributed by atoms with Crippen LogP contribution in [0.2, 0.25) is 0 Å². The number of rotatable bonds is 4. The lowest BCUT2D eigenvalue weighted by Gasteiger charge is -2.29. The Kier molecular flexibility index (Phi) is 4.49. The Morgan fingerprint density at radius 2 is 1.85 bits per heavy atom. The van der Waals surface area contributed by atoms with Crippen LogP contribution >= 0.6 is 0 Å². The van der Waals surface area contributed by atoms with Gasteiger partial charge < -0.3 is 10.6 Å². The van der Waals surface area contributed by atoms with Crippen molar-refractivity contribution in [1.29, 1.82) is 0 Å². The number of nitrogens with zero attached hydrogens (tertiary/aromatic N) is 1. The minimum atomic E-state index is -0.598. The number of hydrogen-bond acceptors (Lipinski definition) is 4. The van der Waals surface area contributed by atoms with E-state index in [1.54, 1.807) is 11.0 Å². The zero-order valence-corrected chi connectivity index (χ0v) is 14.9. The SMILES string of the molecule is NCCc1cccc(-c2cccc3c2CN(C2CCC(=O)NC2=O)C3=O)c1. The van der Waals surface area contributed by atoms with Gasteiger partial charge in [0.2, 0.25) is 11.8 Å². The predicted molar refractivity (Wildman–Crippen MR) is 101 cm³/mol. The number of nitrogens with two attached hydrogens (primary N) is 1. The summed E-state index contributed by atoms with van der Waals surface area (Å²) in [5, 5.41) is 2.34. The molecule has 6 heteroatoms. The molecule has 0 bridgehead atoms. The van der Waals surface area contributed by atoms with Crippen LogP contribution in [0.5, 0.6) is 0 Å². The van der Waals surface area contributed by atoms with E-state index in [1.807, 2.05) is 30.3 Å². The molecule has 1 fully saturated rings. The van der Waals surface area contributed by atoms with E-state index in [-0.39, 0.29) is 24.1 Å². The molecule has 3 N–H and O–H groups in total. The first-order valence-corrected chi connectivity index (χ1v) is 9.14. The fourth-order valence-electron chi connectivity index (χ4n) is 3.92. The molecule has 1 atom stereocenters. The summed E-state index contributed by atoms with van der Waals surface area (Å²) in [4.78, 5) is 38.1. The normalized spacial score (nSPS) is 19.2. The third-order valence-electron chi connectivity index (χ3n) is 5.25. The van der Waals surface area contributed by atoms with E-state index >= 15 is 0 Å². The molecule has 6 nitrogen and oxygen atoms in total. The summed E-state index contributed by atoms with van der Waals surface area (Å²) < 4.78 is 0. The predicted octanol–water partition coefficient (Wildman–Crippen LogP) is 1.62. The Labute approximate surface area is 157 Å². The fourth-order valence-corrected chi connectivity index (χ4v) is 3.92. The Morgan fingerprint density at radius 3 is 2.63 bits per heavy atom. The highest BCUT2D eigenvalue weighted by Gasteiger charge is 2.39. The number of imide groups is 1. The average molecular weight is 363 g/mol. The second-order valence-corrected chi connectivity index (χ2v) is 6.97. The molecule has 0 radical (unpaired) electrons. The van der Waals surface area contributed by atoms with Crippen LogP contribution in [0.4, 0.5) is 0 Å². The monoisotopic (exact) mass is 363 g/mol. The van der Waals surface area contributed by atoms with Gasteiger partial charge in [-0.05, 0) is 47.7 Å². The Hall–Kier alpha value is -2.99. The molecule has 2 aromatic rings. The Bertz CT molecular complexity index is 938. The van der Waals surface area contributed by atoms with Crippen LogP contribution in [0.15, 0.2) is 42.5 Å². The number of benzene rings is 2. The molecular weight excluding hydrogens is 342 g/mol. The molecule has 2 aliphatic rings. The number of carbonyl (C=O) groups excluding carboxylic acids is 3. The van der Waals surface area contributed by atoms with E-state index < -0.39 is 6.04 Å². The third-order valence-corrected chi connectivity index (χ3v) is 5.25. The molecule has 3 amide bonds. The van der Waals surface area contributed by atoms with E-state index in [4.69, 9.17) is 5.73 Å². The first-order valence-electron chi connectivity index (χ1n) is 9.14. The second kappa shape index (κ2) is 6.96. The molecule has 0 aliphatic carbocycles. The van der Waals surface area contributed by atoms with Crippen LogP contribution in [0, 0.1) is 0 Å². The van der Waals surface area contributed by atoms with E-state index in [9.17, 15) is 14.4 Å². The van der Waals surface area contributed by atoms with Crippen LogP contribution in [0.3, 0.4) is 0 Å². The van der Waals surface area contributed by atoms with Gasteiger partial charge in [-0.15, -0.1) is 0 Å². The molecule has 27 heavy (non-hydrogen) atoms. The smallest absolute Gasteiger partial charge is 0.255 e. The van der Waals surface area contributed by atoms with Gasteiger partial charge in [0.1, 0.15) is 6.04 Å². The van der Waals surface area contributed by atoms with Gasteiger partial charge in [0.25, 0.3) is 5.91 Å². The maximum atomic E-state index is 12.9. The van der Waals surface area contributed by atoms with Crippen LogP contribution in [0.25, 0.3) is 11.1 Å². The van der Waals surface area contributed by atoms with Crippen molar-refractivity contribution < 1.29 is 14.4 Å². The van der Waals surface area contributed by atoms with Crippen molar-refractivity contribution in [3.63, 3.8) is 0 Å². The number of fused-ring (bicyclic) bond motifs is 1. The highest BCUT2D eigenvalue weighted by molar-refractivity contribution is 6.06. The maximum Gasteiger partial charge on any atom is 0.255 e. The van der Waals surface area contributed by atoms with Crippen molar-refractivity contribution in [3.05, 3.63) is 59.2 Å². The molecular formula is C21H21N3O3. The average Bonchev–Trinajstić information content (AvgIpc) is 2.99. The molecule has 1 saturated heterocycles. The van der Waals surface area contributed by atoms with Crippen LogP contribution in [-0.2, 0) is 22.6 Å². The Balaban J connectivity index is 1.68. The van der Waals surface area contributed by atoms with Gasteiger partial charge >= 0.3 is 0 Å². The van der Waals surface area contributed by atoms with Gasteiger partial charge in [0.15, 0.2) is 0 Å². The van der Waals surface area contributed by atoms with E-state index in [2.05, 4.69) is 11.4 Å². The van der Waals surface area contributed by atoms with Crippen LogP contribution in [0.1, 0.15) is 34.3 Å². The van der Waals surface area contributed by atoms with Gasteiger partial charge in [-0.25, -0.2) is 0 Å². The van der Waals surface area contributed by atoms with Crippen molar-refractivity contribution in [2.45, 2.75) is 31.8 Å². The first kappa shape index (κ1) is 17.4. The zero-order chi connectivity index (χ0) is 19.0. The standard InChI is InChI=1S/C21H21N3O3/c22-10-9-13-3-1-4-14(11-13)15-5-2-6-16-17(15)12-24(21(16)27)18-7-8-19(25)23-20(18)26/h1-6,11,18H,7-10,12,22H2,(H,23,25,26). The van der Waals surface area contributed by atoms with Crippen LogP contribution < -0.4 is 11.1 Å². The van der Waals surface area contributed by atoms with Gasteiger partial charge in [-0.1, -0.05) is 36.4 Å². The summed E-state index contributed by atoms with van der Waals surface area (Å²) in [7, 11) is 0. The summed E-state index contributed by atoms with van der Waals surface area (Å²) in [6.07, 6.45) is 1.42. The quantitative estimate of drug-likeness (QED) is 0.808. The van der Waals surface area contributed by atoms with Crippen molar-refractivity contribution in [2.75, 3.05) is 6.54 Å². The van der Waals surface area contributed by atoms with Crippen molar-refractivity contribution in [2.24, 2.45) is 5.73 Å². The van der Waals surface area contributed by atoms with Crippen molar-refractivity contribution >= 4 is 17.7 Å².